The maximum absolute atomic E-state index is 6.06. The van der Waals surface area contributed by atoms with Crippen molar-refractivity contribution in [3.63, 3.8) is 0 Å². The number of aromatic nitrogens is 1. The molecular weight excluding hydrogens is 437 g/mol. The first-order chi connectivity index (χ1) is 13.2. The SMILES string of the molecule is CCC[CH2][Sn]([CH2]CCC)([CH2]CCC)[c]1ccnc(OCc2ccccc2)c1. The summed E-state index contributed by atoms with van der Waals surface area (Å²) in [7, 11) is 0. The predicted octanol–water partition coefficient (Wildman–Crippen LogP) is 6.72. The van der Waals surface area contributed by atoms with Crippen LogP contribution in [0.15, 0.2) is 48.7 Å². The zero-order chi connectivity index (χ0) is 19.4. The van der Waals surface area contributed by atoms with Crippen LogP contribution in [0.4, 0.5) is 0 Å². The van der Waals surface area contributed by atoms with Crippen molar-refractivity contribution in [3.8, 4) is 5.88 Å². The van der Waals surface area contributed by atoms with Crippen molar-refractivity contribution in [2.75, 3.05) is 0 Å². The van der Waals surface area contributed by atoms with E-state index in [2.05, 4.69) is 62.2 Å². The van der Waals surface area contributed by atoms with Crippen molar-refractivity contribution in [1.29, 1.82) is 0 Å². The van der Waals surface area contributed by atoms with Gasteiger partial charge in [0.15, 0.2) is 0 Å². The van der Waals surface area contributed by atoms with Crippen LogP contribution in [0, 0.1) is 0 Å². The molecule has 0 spiro atoms. The molecule has 3 heteroatoms. The summed E-state index contributed by atoms with van der Waals surface area (Å²) in [6.45, 7) is 7.59. The van der Waals surface area contributed by atoms with Crippen LogP contribution in [-0.2, 0) is 6.61 Å². The van der Waals surface area contributed by atoms with E-state index in [1.165, 1.54) is 57.4 Å². The van der Waals surface area contributed by atoms with Gasteiger partial charge in [-0.3, -0.25) is 0 Å². The van der Waals surface area contributed by atoms with Gasteiger partial charge in [0.1, 0.15) is 0 Å². The zero-order valence-electron chi connectivity index (χ0n) is 17.5. The first-order valence-electron chi connectivity index (χ1n) is 10.9. The molecule has 0 fully saturated rings. The normalized spacial score (nSPS) is 11.5. The molecule has 2 aromatic rings. The minimum atomic E-state index is -2.40. The number of rotatable bonds is 13. The summed E-state index contributed by atoms with van der Waals surface area (Å²) in [5.41, 5.74) is 1.20. The van der Waals surface area contributed by atoms with Crippen molar-refractivity contribution in [2.24, 2.45) is 0 Å². The van der Waals surface area contributed by atoms with Gasteiger partial charge in [0, 0.05) is 0 Å². The number of benzene rings is 1. The van der Waals surface area contributed by atoms with Gasteiger partial charge in [0.2, 0.25) is 0 Å². The number of unbranched alkanes of at least 4 members (excludes halogenated alkanes) is 3. The second-order valence-electron chi connectivity index (χ2n) is 7.75. The molecule has 0 unspecified atom stereocenters. The summed E-state index contributed by atoms with van der Waals surface area (Å²) in [5.74, 6) is 0.807. The Morgan fingerprint density at radius 2 is 1.41 bits per heavy atom. The zero-order valence-corrected chi connectivity index (χ0v) is 20.4. The topological polar surface area (TPSA) is 22.1 Å². The molecule has 0 aliphatic carbocycles. The summed E-state index contributed by atoms with van der Waals surface area (Å²) in [5, 5.41) is 0. The van der Waals surface area contributed by atoms with Gasteiger partial charge in [-0.15, -0.1) is 0 Å². The molecule has 1 heterocycles. The third-order valence-corrected chi connectivity index (χ3v) is 21.2. The van der Waals surface area contributed by atoms with Crippen molar-refractivity contribution < 1.29 is 4.74 Å². The van der Waals surface area contributed by atoms with Gasteiger partial charge in [-0.05, 0) is 0 Å². The van der Waals surface area contributed by atoms with Crippen molar-refractivity contribution in [1.82, 2.24) is 4.98 Å². The van der Waals surface area contributed by atoms with Gasteiger partial charge in [-0.25, -0.2) is 0 Å². The van der Waals surface area contributed by atoms with Crippen LogP contribution < -0.4 is 8.32 Å². The van der Waals surface area contributed by atoms with Crippen LogP contribution in [0.3, 0.4) is 0 Å². The summed E-state index contributed by atoms with van der Waals surface area (Å²) in [6.07, 6.45) is 10.0. The van der Waals surface area contributed by atoms with Gasteiger partial charge in [-0.1, -0.05) is 0 Å². The molecule has 0 aliphatic heterocycles. The van der Waals surface area contributed by atoms with Crippen LogP contribution in [0.5, 0.6) is 5.88 Å². The van der Waals surface area contributed by atoms with Crippen molar-refractivity contribution >= 4 is 22.0 Å². The van der Waals surface area contributed by atoms with E-state index in [0.717, 1.165) is 5.88 Å². The number of pyridine rings is 1. The van der Waals surface area contributed by atoms with Gasteiger partial charge >= 0.3 is 171 Å². The fourth-order valence-corrected chi connectivity index (χ4v) is 19.8. The summed E-state index contributed by atoms with van der Waals surface area (Å²) in [6, 6.07) is 15.0. The van der Waals surface area contributed by atoms with E-state index in [9.17, 15) is 0 Å². The molecule has 148 valence electrons. The molecular formula is C24H37NOSn. The number of hydrogen-bond acceptors (Lipinski definition) is 2. The van der Waals surface area contributed by atoms with Crippen LogP contribution in [-0.4, -0.2) is 23.4 Å². The van der Waals surface area contributed by atoms with Crippen LogP contribution in [0.25, 0.3) is 0 Å². The van der Waals surface area contributed by atoms with E-state index in [1.54, 1.807) is 3.58 Å². The van der Waals surface area contributed by atoms with Crippen LogP contribution in [0.1, 0.15) is 64.9 Å². The Hall–Kier alpha value is -1.03. The molecule has 0 amide bonds. The summed E-state index contributed by atoms with van der Waals surface area (Å²) >= 11 is -2.40. The summed E-state index contributed by atoms with van der Waals surface area (Å²) in [4.78, 5) is 4.52. The molecule has 27 heavy (non-hydrogen) atoms. The number of nitrogens with zero attached hydrogens (tertiary/aromatic N) is 1. The monoisotopic (exact) mass is 475 g/mol. The molecule has 1 aromatic heterocycles. The molecule has 0 radical (unpaired) electrons. The average molecular weight is 474 g/mol. The Morgan fingerprint density at radius 1 is 0.815 bits per heavy atom. The summed E-state index contributed by atoms with van der Waals surface area (Å²) < 4.78 is 12.1. The van der Waals surface area contributed by atoms with Crippen LogP contribution in [0.2, 0.25) is 13.3 Å². The first kappa shape index (κ1) is 22.3. The molecule has 0 bridgehead atoms. The average Bonchev–Trinajstić information content (AvgIpc) is 2.73. The molecule has 2 nitrogen and oxygen atoms in total. The Morgan fingerprint density at radius 3 is 1.96 bits per heavy atom. The second kappa shape index (κ2) is 12.4. The molecule has 1 aromatic carbocycles. The standard InChI is InChI=1S/C12H10NO.3C4H9.Sn/c1-2-6-11(7-3-1)10-14-12-8-4-5-9-13-12;3*1-3-4-2;/h1-3,5-9H,10H2;3*1,3-4H2,2H3;. The van der Waals surface area contributed by atoms with E-state index >= 15 is 0 Å². The third-order valence-electron chi connectivity index (χ3n) is 5.60. The molecule has 0 saturated carbocycles. The Labute approximate surface area is 170 Å². The number of hydrogen-bond donors (Lipinski definition) is 0. The van der Waals surface area contributed by atoms with Crippen LogP contribution >= 0.6 is 0 Å². The Bertz CT molecular complexity index is 622. The molecule has 2 rings (SSSR count). The Balaban J connectivity index is 2.21. The van der Waals surface area contributed by atoms with Gasteiger partial charge in [-0.2, -0.15) is 0 Å². The van der Waals surface area contributed by atoms with E-state index < -0.39 is 18.4 Å². The van der Waals surface area contributed by atoms with E-state index in [0.29, 0.717) is 6.61 Å². The molecule has 0 atom stereocenters. The van der Waals surface area contributed by atoms with E-state index in [4.69, 9.17) is 4.74 Å². The van der Waals surface area contributed by atoms with Crippen molar-refractivity contribution in [2.45, 2.75) is 79.2 Å². The third kappa shape index (κ3) is 7.13. The second-order valence-corrected chi connectivity index (χ2v) is 21.0. The predicted molar refractivity (Wildman–Crippen MR) is 120 cm³/mol. The fourth-order valence-electron chi connectivity index (χ4n) is 3.90. The molecule has 0 N–H and O–H groups in total. The van der Waals surface area contributed by atoms with E-state index in [-0.39, 0.29) is 0 Å². The first-order valence-corrected chi connectivity index (χ1v) is 18.4. The van der Waals surface area contributed by atoms with Crippen molar-refractivity contribution in [3.05, 3.63) is 54.2 Å². The minimum absolute atomic E-state index is 0.596. The van der Waals surface area contributed by atoms with Gasteiger partial charge in [0.25, 0.3) is 0 Å². The van der Waals surface area contributed by atoms with E-state index in [1.807, 2.05) is 12.3 Å². The fraction of sp³-hybridized carbons (Fsp3) is 0.542. The van der Waals surface area contributed by atoms with Gasteiger partial charge in [0.05, 0.1) is 0 Å². The quantitative estimate of drug-likeness (QED) is 0.301. The Kier molecular flexibility index (Phi) is 10.2. The van der Waals surface area contributed by atoms with Gasteiger partial charge < -0.3 is 0 Å². The number of ether oxygens (including phenoxy) is 1. The molecule has 0 aliphatic rings. The maximum atomic E-state index is 6.06. The molecule has 0 saturated heterocycles.